The molecule has 1 N–H and O–H groups in total. The van der Waals surface area contributed by atoms with E-state index in [0.29, 0.717) is 11.9 Å². The Hall–Kier alpha value is -1.91. The molecule has 17 heavy (non-hydrogen) atoms. The molecule has 0 aromatic carbocycles. The predicted molar refractivity (Wildman–Crippen MR) is 67.8 cm³/mol. The van der Waals surface area contributed by atoms with Crippen molar-refractivity contribution >= 4 is 5.82 Å². The van der Waals surface area contributed by atoms with Crippen molar-refractivity contribution in [3.8, 4) is 11.5 Å². The highest BCUT2D eigenvalue weighted by molar-refractivity contribution is 5.51. The maximum atomic E-state index is 4.46. The highest BCUT2D eigenvalue weighted by atomic mass is 15.1. The van der Waals surface area contributed by atoms with Crippen LogP contribution in [0.2, 0.25) is 0 Å². The van der Waals surface area contributed by atoms with Gasteiger partial charge in [0, 0.05) is 18.8 Å². The van der Waals surface area contributed by atoms with Crippen LogP contribution in [-0.4, -0.2) is 26.1 Å². The zero-order valence-electron chi connectivity index (χ0n) is 10.4. The van der Waals surface area contributed by atoms with Gasteiger partial charge in [-0.3, -0.25) is 0 Å². The molecule has 0 aliphatic heterocycles. The lowest BCUT2D eigenvalue weighted by atomic mass is 10.3. The molecule has 0 radical (unpaired) electrons. The number of rotatable bonds is 4. The Balaban J connectivity index is 2.38. The minimum atomic E-state index is 0.346. The zero-order valence-corrected chi connectivity index (χ0v) is 10.4. The van der Waals surface area contributed by atoms with E-state index in [2.05, 4.69) is 38.7 Å². The molecule has 0 bridgehead atoms. The number of nitrogens with one attached hydrogen (secondary N) is 1. The van der Waals surface area contributed by atoms with Crippen LogP contribution in [0.5, 0.6) is 0 Å². The second-order valence-corrected chi connectivity index (χ2v) is 4.08. The lowest BCUT2D eigenvalue weighted by Crippen LogP contribution is -2.05. The largest absolute Gasteiger partial charge is 0.370 e. The SMILES string of the molecule is CCNc1ccnc(-c2cncn2C(C)C)n1. The lowest BCUT2D eigenvalue weighted by molar-refractivity contribution is 0.603. The van der Waals surface area contributed by atoms with Crippen LogP contribution in [0.1, 0.15) is 26.8 Å². The third-order valence-electron chi connectivity index (χ3n) is 2.46. The quantitative estimate of drug-likeness (QED) is 0.877. The van der Waals surface area contributed by atoms with Crippen LogP contribution >= 0.6 is 0 Å². The molecule has 2 rings (SSSR count). The van der Waals surface area contributed by atoms with E-state index in [1.165, 1.54) is 0 Å². The summed E-state index contributed by atoms with van der Waals surface area (Å²) in [7, 11) is 0. The van der Waals surface area contributed by atoms with Crippen molar-refractivity contribution in [3.63, 3.8) is 0 Å². The average molecular weight is 231 g/mol. The monoisotopic (exact) mass is 231 g/mol. The predicted octanol–water partition coefficient (Wildman–Crippen LogP) is 2.35. The number of aromatic nitrogens is 4. The first-order valence-corrected chi connectivity index (χ1v) is 5.81. The Bertz CT molecular complexity index is 489. The summed E-state index contributed by atoms with van der Waals surface area (Å²) >= 11 is 0. The van der Waals surface area contributed by atoms with Crippen LogP contribution in [0.4, 0.5) is 5.82 Å². The molecular weight excluding hydrogens is 214 g/mol. The summed E-state index contributed by atoms with van der Waals surface area (Å²) in [4.78, 5) is 12.9. The fourth-order valence-electron chi connectivity index (χ4n) is 1.65. The van der Waals surface area contributed by atoms with E-state index in [1.54, 1.807) is 12.4 Å². The fraction of sp³-hybridized carbons (Fsp3) is 0.417. The molecule has 0 aliphatic rings. The van der Waals surface area contributed by atoms with Crippen LogP contribution in [0, 0.1) is 0 Å². The summed E-state index contributed by atoms with van der Waals surface area (Å²) in [6, 6.07) is 2.21. The van der Waals surface area contributed by atoms with Crippen LogP contribution < -0.4 is 5.32 Å². The molecule has 0 atom stereocenters. The zero-order chi connectivity index (χ0) is 12.3. The molecule has 5 nitrogen and oxygen atoms in total. The lowest BCUT2D eigenvalue weighted by Gasteiger charge is -2.11. The van der Waals surface area contributed by atoms with Crippen molar-refractivity contribution in [2.75, 3.05) is 11.9 Å². The van der Waals surface area contributed by atoms with Crippen molar-refractivity contribution in [2.24, 2.45) is 0 Å². The smallest absolute Gasteiger partial charge is 0.179 e. The Labute approximate surface area is 101 Å². The van der Waals surface area contributed by atoms with E-state index in [-0.39, 0.29) is 0 Å². The standard InChI is InChI=1S/C12H17N5/c1-4-14-11-5-6-15-12(16-11)10-7-13-8-17(10)9(2)3/h5-9H,4H2,1-3H3,(H,14,15,16). The summed E-state index contributed by atoms with van der Waals surface area (Å²) in [5, 5.41) is 3.18. The van der Waals surface area contributed by atoms with Gasteiger partial charge in [0.25, 0.3) is 0 Å². The van der Waals surface area contributed by atoms with Crippen molar-refractivity contribution in [1.82, 2.24) is 19.5 Å². The maximum Gasteiger partial charge on any atom is 0.179 e. The maximum absolute atomic E-state index is 4.46. The molecule has 2 aromatic heterocycles. The van der Waals surface area contributed by atoms with Gasteiger partial charge in [-0.25, -0.2) is 15.0 Å². The number of hydrogen-bond acceptors (Lipinski definition) is 4. The molecule has 0 unspecified atom stereocenters. The van der Waals surface area contributed by atoms with Gasteiger partial charge in [-0.2, -0.15) is 0 Å². The second kappa shape index (κ2) is 4.95. The first kappa shape index (κ1) is 11.6. The Morgan fingerprint density at radius 1 is 1.41 bits per heavy atom. The van der Waals surface area contributed by atoms with Gasteiger partial charge in [0.2, 0.25) is 0 Å². The highest BCUT2D eigenvalue weighted by Crippen LogP contribution is 2.19. The van der Waals surface area contributed by atoms with Crippen LogP contribution in [0.15, 0.2) is 24.8 Å². The molecule has 0 saturated heterocycles. The minimum absolute atomic E-state index is 0.346. The molecule has 2 heterocycles. The Morgan fingerprint density at radius 2 is 2.24 bits per heavy atom. The molecule has 0 fully saturated rings. The average Bonchev–Trinajstić information content (AvgIpc) is 2.79. The molecule has 5 heteroatoms. The van der Waals surface area contributed by atoms with Crippen molar-refractivity contribution in [3.05, 3.63) is 24.8 Å². The third kappa shape index (κ3) is 2.43. The molecular formula is C12H17N5. The summed E-state index contributed by atoms with van der Waals surface area (Å²) in [6.07, 6.45) is 5.37. The van der Waals surface area contributed by atoms with Crippen LogP contribution in [-0.2, 0) is 0 Å². The van der Waals surface area contributed by atoms with E-state index in [0.717, 1.165) is 18.1 Å². The molecule has 2 aromatic rings. The number of imidazole rings is 1. The van der Waals surface area contributed by atoms with E-state index < -0.39 is 0 Å². The first-order valence-electron chi connectivity index (χ1n) is 5.81. The normalized spacial score (nSPS) is 10.8. The molecule has 0 spiro atoms. The van der Waals surface area contributed by atoms with Gasteiger partial charge in [-0.05, 0) is 26.8 Å². The Kier molecular flexibility index (Phi) is 3.37. The summed E-state index contributed by atoms with van der Waals surface area (Å²) < 4.78 is 2.06. The van der Waals surface area contributed by atoms with Crippen molar-refractivity contribution < 1.29 is 0 Å². The van der Waals surface area contributed by atoms with Gasteiger partial charge in [0.05, 0.1) is 12.5 Å². The van der Waals surface area contributed by atoms with Crippen molar-refractivity contribution in [2.45, 2.75) is 26.8 Å². The van der Waals surface area contributed by atoms with Gasteiger partial charge < -0.3 is 9.88 Å². The number of anilines is 1. The Morgan fingerprint density at radius 3 is 2.94 bits per heavy atom. The van der Waals surface area contributed by atoms with Crippen molar-refractivity contribution in [1.29, 1.82) is 0 Å². The summed E-state index contributed by atoms with van der Waals surface area (Å²) in [5.74, 6) is 1.55. The summed E-state index contributed by atoms with van der Waals surface area (Å²) in [6.45, 7) is 7.11. The second-order valence-electron chi connectivity index (χ2n) is 4.08. The van der Waals surface area contributed by atoms with Gasteiger partial charge in [-0.1, -0.05) is 0 Å². The minimum Gasteiger partial charge on any atom is -0.370 e. The van der Waals surface area contributed by atoms with Gasteiger partial charge in [0.1, 0.15) is 11.5 Å². The highest BCUT2D eigenvalue weighted by Gasteiger charge is 2.10. The summed E-state index contributed by atoms with van der Waals surface area (Å²) in [5.41, 5.74) is 0.944. The van der Waals surface area contributed by atoms with Gasteiger partial charge >= 0.3 is 0 Å². The van der Waals surface area contributed by atoms with E-state index in [1.807, 2.05) is 19.3 Å². The van der Waals surface area contributed by atoms with Gasteiger partial charge in [-0.15, -0.1) is 0 Å². The number of hydrogen-bond donors (Lipinski definition) is 1. The van der Waals surface area contributed by atoms with Crippen LogP contribution in [0.25, 0.3) is 11.5 Å². The van der Waals surface area contributed by atoms with Crippen LogP contribution in [0.3, 0.4) is 0 Å². The molecule has 90 valence electrons. The third-order valence-corrected chi connectivity index (χ3v) is 2.46. The topological polar surface area (TPSA) is 55.6 Å². The number of nitrogens with zero attached hydrogens (tertiary/aromatic N) is 4. The van der Waals surface area contributed by atoms with E-state index in [4.69, 9.17) is 0 Å². The van der Waals surface area contributed by atoms with E-state index >= 15 is 0 Å². The van der Waals surface area contributed by atoms with Gasteiger partial charge in [0.15, 0.2) is 5.82 Å². The van der Waals surface area contributed by atoms with E-state index in [9.17, 15) is 0 Å². The fourth-order valence-corrected chi connectivity index (χ4v) is 1.65. The molecule has 0 amide bonds. The first-order chi connectivity index (χ1) is 8.22. The molecule has 0 aliphatic carbocycles. The molecule has 0 saturated carbocycles.